The lowest BCUT2D eigenvalue weighted by atomic mass is 9.98. The fraction of sp³-hybridized carbons (Fsp3) is 0.357. The molecule has 0 saturated carbocycles. The molecule has 0 N–H and O–H groups in total. The molecule has 21 heavy (non-hydrogen) atoms. The zero-order chi connectivity index (χ0) is 15.6. The Bertz CT molecular complexity index is 595. The number of rotatable bonds is 5. The van der Waals surface area contributed by atoms with E-state index in [4.69, 9.17) is 12.2 Å². The summed E-state index contributed by atoms with van der Waals surface area (Å²) in [5.74, 6) is -1.84. The fourth-order valence-corrected chi connectivity index (χ4v) is 4.09. The van der Waals surface area contributed by atoms with Crippen molar-refractivity contribution in [3.05, 3.63) is 27.3 Å². The number of amides is 1. The van der Waals surface area contributed by atoms with Crippen molar-refractivity contribution in [2.45, 2.75) is 26.3 Å². The van der Waals surface area contributed by atoms with Gasteiger partial charge >= 0.3 is 0 Å². The van der Waals surface area contributed by atoms with E-state index in [1.54, 1.807) is 13.0 Å². The van der Waals surface area contributed by atoms with Crippen LogP contribution in [0.3, 0.4) is 0 Å². The highest BCUT2D eigenvalue weighted by molar-refractivity contribution is 8.26. The van der Waals surface area contributed by atoms with Crippen LogP contribution in [-0.2, 0) is 9.59 Å². The fourth-order valence-electron chi connectivity index (χ4n) is 2.04. The maximum atomic E-state index is 12.5. The molecule has 4 nitrogen and oxygen atoms in total. The van der Waals surface area contributed by atoms with Crippen molar-refractivity contribution in [1.82, 2.24) is 4.90 Å². The van der Waals surface area contributed by atoms with E-state index in [1.807, 2.05) is 24.4 Å². The lowest BCUT2D eigenvalue weighted by Gasteiger charge is -2.32. The maximum Gasteiger partial charge on any atom is 0.266 e. The number of thioether (sulfide) groups is 1. The van der Waals surface area contributed by atoms with Crippen LogP contribution in [0.15, 0.2) is 22.4 Å². The number of aliphatic carboxylic acids is 1. The van der Waals surface area contributed by atoms with Gasteiger partial charge in [-0.1, -0.05) is 50.3 Å². The van der Waals surface area contributed by atoms with Crippen molar-refractivity contribution in [2.75, 3.05) is 0 Å². The van der Waals surface area contributed by atoms with E-state index in [0.717, 1.165) is 16.6 Å². The number of carboxylic acids is 1. The predicted molar refractivity (Wildman–Crippen MR) is 87.6 cm³/mol. The van der Waals surface area contributed by atoms with Crippen molar-refractivity contribution in [3.63, 3.8) is 0 Å². The molecule has 0 spiro atoms. The van der Waals surface area contributed by atoms with E-state index in [9.17, 15) is 14.7 Å². The molecule has 0 aromatic carbocycles. The van der Waals surface area contributed by atoms with Crippen LogP contribution in [0.5, 0.6) is 0 Å². The molecule has 2 heterocycles. The zero-order valence-corrected chi connectivity index (χ0v) is 14.0. The quantitative estimate of drug-likeness (QED) is 0.607. The second-order valence-electron chi connectivity index (χ2n) is 4.72. The van der Waals surface area contributed by atoms with E-state index < -0.39 is 12.0 Å². The topological polar surface area (TPSA) is 60.4 Å². The molecule has 112 valence electrons. The Kier molecular flexibility index (Phi) is 5.18. The highest BCUT2D eigenvalue weighted by Crippen LogP contribution is 2.36. The van der Waals surface area contributed by atoms with E-state index in [-0.39, 0.29) is 16.1 Å². The third-order valence-corrected chi connectivity index (χ3v) is 5.49. The zero-order valence-electron chi connectivity index (χ0n) is 11.6. The minimum Gasteiger partial charge on any atom is -0.548 e. The second kappa shape index (κ2) is 6.72. The van der Waals surface area contributed by atoms with Gasteiger partial charge in [0.1, 0.15) is 4.32 Å². The standard InChI is InChI=1S/C14H15NO3S3/c1-3-8(2)11(13(17)18)15-12(16)10(21-14(15)19)7-9-5-4-6-20-9/h4-8,11H,3H2,1-2H3,(H,17,18)/p-1/b10-7+/t8-,11-/m1/s1. The van der Waals surface area contributed by atoms with E-state index in [1.165, 1.54) is 16.2 Å². The number of hydrogen-bond acceptors (Lipinski definition) is 6. The number of carboxylic acid groups (broad SMARTS) is 1. The first-order valence-corrected chi connectivity index (χ1v) is 8.57. The van der Waals surface area contributed by atoms with E-state index >= 15 is 0 Å². The monoisotopic (exact) mass is 340 g/mol. The van der Waals surface area contributed by atoms with Gasteiger partial charge in [0.05, 0.1) is 16.9 Å². The normalized spacial score (nSPS) is 20.1. The Morgan fingerprint density at radius 1 is 1.57 bits per heavy atom. The summed E-state index contributed by atoms with van der Waals surface area (Å²) in [6.07, 6.45) is 2.37. The summed E-state index contributed by atoms with van der Waals surface area (Å²) in [6, 6.07) is 2.76. The number of thiophene rings is 1. The molecule has 1 aliphatic heterocycles. The Morgan fingerprint density at radius 3 is 2.81 bits per heavy atom. The van der Waals surface area contributed by atoms with Crippen molar-refractivity contribution < 1.29 is 14.7 Å². The van der Waals surface area contributed by atoms with Crippen LogP contribution >= 0.6 is 35.3 Å². The lowest BCUT2D eigenvalue weighted by molar-refractivity contribution is -0.311. The van der Waals surface area contributed by atoms with Crippen LogP contribution < -0.4 is 5.11 Å². The summed E-state index contributed by atoms with van der Waals surface area (Å²) in [5.41, 5.74) is 0. The molecule has 7 heteroatoms. The Morgan fingerprint density at radius 2 is 2.29 bits per heavy atom. The lowest BCUT2D eigenvalue weighted by Crippen LogP contribution is -2.53. The number of nitrogens with zero attached hydrogens (tertiary/aromatic N) is 1. The maximum absolute atomic E-state index is 12.5. The molecule has 0 unspecified atom stereocenters. The average molecular weight is 340 g/mol. The van der Waals surface area contributed by atoms with Crippen LogP contribution in [0.4, 0.5) is 0 Å². The minimum absolute atomic E-state index is 0.224. The summed E-state index contributed by atoms with van der Waals surface area (Å²) in [5, 5.41) is 13.3. The van der Waals surface area contributed by atoms with Crippen molar-refractivity contribution in [3.8, 4) is 0 Å². The summed E-state index contributed by atoms with van der Waals surface area (Å²) in [4.78, 5) is 26.5. The van der Waals surface area contributed by atoms with Crippen LogP contribution in [0, 0.1) is 5.92 Å². The first-order chi connectivity index (χ1) is 9.95. The molecule has 1 aromatic heterocycles. The minimum atomic E-state index is -1.27. The van der Waals surface area contributed by atoms with E-state index in [2.05, 4.69) is 0 Å². The molecule has 2 rings (SSSR count). The molecule has 1 amide bonds. The predicted octanol–water partition coefficient (Wildman–Crippen LogP) is 2.11. The molecule has 0 bridgehead atoms. The number of thiocarbonyl (C=S) groups is 1. The molecule has 1 fully saturated rings. The van der Waals surface area contributed by atoms with Gasteiger partial charge < -0.3 is 9.90 Å². The molecule has 1 aliphatic rings. The van der Waals surface area contributed by atoms with Gasteiger partial charge in [-0.2, -0.15) is 0 Å². The molecule has 0 aliphatic carbocycles. The first kappa shape index (κ1) is 16.2. The average Bonchev–Trinajstić information content (AvgIpc) is 3.02. The van der Waals surface area contributed by atoms with E-state index in [0.29, 0.717) is 11.3 Å². The SMILES string of the molecule is CC[C@@H](C)[C@H](C(=O)[O-])N1C(=O)/C(=C\c2cccs2)SC1=S. The van der Waals surface area contributed by atoms with Gasteiger partial charge in [0, 0.05) is 4.88 Å². The second-order valence-corrected chi connectivity index (χ2v) is 7.37. The van der Waals surface area contributed by atoms with Crippen molar-refractivity contribution >= 4 is 57.6 Å². The number of carbonyl (C=O) groups excluding carboxylic acids is 2. The molecular formula is C14H14NO3S3-. The molecule has 1 aromatic rings. The molecule has 1 saturated heterocycles. The third kappa shape index (κ3) is 3.36. The summed E-state index contributed by atoms with van der Waals surface area (Å²) < 4.78 is 0.275. The van der Waals surface area contributed by atoms with Gasteiger partial charge in [-0.3, -0.25) is 9.69 Å². The smallest absolute Gasteiger partial charge is 0.266 e. The Labute approximate surface area is 136 Å². The largest absolute Gasteiger partial charge is 0.548 e. The summed E-state index contributed by atoms with van der Waals surface area (Å²) in [6.45, 7) is 3.65. The highest BCUT2D eigenvalue weighted by Gasteiger charge is 2.39. The highest BCUT2D eigenvalue weighted by atomic mass is 32.2. The van der Waals surface area contributed by atoms with Crippen LogP contribution in [0.2, 0.25) is 0 Å². The summed E-state index contributed by atoms with van der Waals surface area (Å²) >= 11 is 7.84. The van der Waals surface area contributed by atoms with Gasteiger partial charge in [0.25, 0.3) is 5.91 Å². The van der Waals surface area contributed by atoms with Crippen LogP contribution in [0.1, 0.15) is 25.1 Å². The molecule has 0 radical (unpaired) electrons. The number of carbonyl (C=O) groups is 2. The van der Waals surface area contributed by atoms with Gasteiger partial charge in [0.15, 0.2) is 0 Å². The van der Waals surface area contributed by atoms with Crippen LogP contribution in [0.25, 0.3) is 6.08 Å². The first-order valence-electron chi connectivity index (χ1n) is 6.47. The summed E-state index contributed by atoms with van der Waals surface area (Å²) in [7, 11) is 0. The Balaban J connectivity index is 2.31. The van der Waals surface area contributed by atoms with Crippen molar-refractivity contribution in [1.29, 1.82) is 0 Å². The van der Waals surface area contributed by atoms with Gasteiger partial charge in [-0.15, -0.1) is 11.3 Å². The Hall–Kier alpha value is -1.18. The molecular weight excluding hydrogens is 326 g/mol. The van der Waals surface area contributed by atoms with Crippen LogP contribution in [-0.4, -0.2) is 27.1 Å². The number of hydrogen-bond donors (Lipinski definition) is 0. The van der Waals surface area contributed by atoms with Gasteiger partial charge in [-0.25, -0.2) is 0 Å². The van der Waals surface area contributed by atoms with Gasteiger partial charge in [0.2, 0.25) is 0 Å². The molecule has 2 atom stereocenters. The van der Waals surface area contributed by atoms with Crippen molar-refractivity contribution in [2.24, 2.45) is 5.92 Å². The third-order valence-electron chi connectivity index (χ3n) is 3.34. The van der Waals surface area contributed by atoms with Gasteiger partial charge in [-0.05, 0) is 23.4 Å².